The fraction of sp³-hybridized carbons (Fsp3) is 0.353. The Kier molecular flexibility index (Phi) is 5.80. The Morgan fingerprint density at radius 3 is 2.46 bits per heavy atom. The van der Waals surface area contributed by atoms with Crippen molar-refractivity contribution in [2.75, 3.05) is 48.8 Å². The highest BCUT2D eigenvalue weighted by Crippen LogP contribution is 2.25. The molecule has 0 aliphatic carbocycles. The van der Waals surface area contributed by atoms with E-state index in [0.29, 0.717) is 21.7 Å². The van der Waals surface area contributed by atoms with E-state index in [-0.39, 0.29) is 5.96 Å². The molecule has 0 radical (unpaired) electrons. The van der Waals surface area contributed by atoms with E-state index in [1.165, 1.54) is 0 Å². The van der Waals surface area contributed by atoms with Crippen LogP contribution in [-0.4, -0.2) is 54.1 Å². The van der Waals surface area contributed by atoms with Gasteiger partial charge in [0.05, 0.1) is 10.0 Å². The van der Waals surface area contributed by atoms with Crippen LogP contribution in [0.4, 0.5) is 17.5 Å². The van der Waals surface area contributed by atoms with Gasteiger partial charge in [-0.15, -0.1) is 0 Å². The molecule has 0 unspecified atom stereocenters. The zero-order valence-electron chi connectivity index (χ0n) is 14.7. The van der Waals surface area contributed by atoms with Crippen molar-refractivity contribution < 1.29 is 0 Å². The van der Waals surface area contributed by atoms with Gasteiger partial charge in [-0.25, -0.2) is 4.98 Å². The van der Waals surface area contributed by atoms with Crippen molar-refractivity contribution in [2.45, 2.75) is 6.92 Å². The number of aryl methyl sites for hydroxylation is 1. The molecular formula is C17H21Cl2N7. The number of benzene rings is 1. The topological polar surface area (TPSA) is 80.2 Å². The van der Waals surface area contributed by atoms with Gasteiger partial charge in [-0.2, -0.15) is 4.98 Å². The average molecular weight is 394 g/mol. The Morgan fingerprint density at radius 1 is 1.04 bits per heavy atom. The number of hydrogen-bond donors (Lipinski definition) is 3. The molecule has 138 valence electrons. The molecule has 2 heterocycles. The Labute approximate surface area is 162 Å². The summed E-state index contributed by atoms with van der Waals surface area (Å²) in [5, 5.41) is 14.8. The molecule has 26 heavy (non-hydrogen) atoms. The molecule has 0 saturated carbocycles. The van der Waals surface area contributed by atoms with E-state index in [0.717, 1.165) is 37.7 Å². The number of halogens is 2. The summed E-state index contributed by atoms with van der Waals surface area (Å²) in [4.78, 5) is 13.4. The van der Waals surface area contributed by atoms with E-state index in [1.807, 2.05) is 13.0 Å². The van der Waals surface area contributed by atoms with Gasteiger partial charge in [0.15, 0.2) is 5.96 Å². The van der Waals surface area contributed by atoms with Gasteiger partial charge in [-0.1, -0.05) is 23.2 Å². The second-order valence-corrected chi connectivity index (χ2v) is 7.05. The van der Waals surface area contributed by atoms with Crippen LogP contribution in [0.1, 0.15) is 5.69 Å². The van der Waals surface area contributed by atoms with Gasteiger partial charge < -0.3 is 15.1 Å². The highest BCUT2D eigenvalue weighted by atomic mass is 35.5. The van der Waals surface area contributed by atoms with Crippen LogP contribution < -0.4 is 15.5 Å². The molecule has 1 aliphatic heterocycles. The standard InChI is InChI=1S/C17H21Cl2N7/c1-11-9-15(26-7-5-25(2)6-8-26)23-17(21-11)24-16(20)22-12-3-4-13(18)14(19)10-12/h3-4,9-10H,5-8H2,1-2H3,(H3,20,21,22,23,24). The van der Waals surface area contributed by atoms with Crippen LogP contribution in [0, 0.1) is 12.3 Å². The van der Waals surface area contributed by atoms with Gasteiger partial charge >= 0.3 is 0 Å². The van der Waals surface area contributed by atoms with Gasteiger partial charge in [-0.3, -0.25) is 10.7 Å². The van der Waals surface area contributed by atoms with Crippen LogP contribution in [-0.2, 0) is 0 Å². The zero-order valence-corrected chi connectivity index (χ0v) is 16.2. The third kappa shape index (κ3) is 4.75. The maximum absolute atomic E-state index is 8.10. The zero-order chi connectivity index (χ0) is 18.7. The monoisotopic (exact) mass is 393 g/mol. The number of nitrogens with one attached hydrogen (secondary N) is 3. The van der Waals surface area contributed by atoms with Gasteiger partial charge in [0.2, 0.25) is 5.95 Å². The minimum absolute atomic E-state index is 0.0540. The predicted octanol–water partition coefficient (Wildman–Crippen LogP) is 3.30. The quantitative estimate of drug-likeness (QED) is 0.548. The predicted molar refractivity (Wildman–Crippen MR) is 108 cm³/mol. The molecule has 0 bridgehead atoms. The minimum Gasteiger partial charge on any atom is -0.354 e. The number of piperazine rings is 1. The van der Waals surface area contributed by atoms with E-state index >= 15 is 0 Å². The molecule has 1 aromatic carbocycles. The maximum Gasteiger partial charge on any atom is 0.231 e. The Morgan fingerprint density at radius 2 is 1.77 bits per heavy atom. The van der Waals surface area contributed by atoms with Crippen LogP contribution in [0.2, 0.25) is 10.0 Å². The Balaban J connectivity index is 1.68. The first-order valence-corrected chi connectivity index (χ1v) is 9.03. The minimum atomic E-state index is 0.0540. The van der Waals surface area contributed by atoms with Crippen molar-refractivity contribution in [3.8, 4) is 0 Å². The van der Waals surface area contributed by atoms with E-state index in [2.05, 4.69) is 37.4 Å². The molecular weight excluding hydrogens is 373 g/mol. The number of aromatic nitrogens is 2. The summed E-state index contributed by atoms with van der Waals surface area (Å²) >= 11 is 11.9. The lowest BCUT2D eigenvalue weighted by Crippen LogP contribution is -2.45. The number of guanidine groups is 1. The van der Waals surface area contributed by atoms with E-state index in [4.69, 9.17) is 28.6 Å². The number of nitrogens with zero attached hydrogens (tertiary/aromatic N) is 4. The molecule has 1 fully saturated rings. The van der Waals surface area contributed by atoms with Crippen molar-refractivity contribution in [2.24, 2.45) is 0 Å². The van der Waals surface area contributed by atoms with Gasteiger partial charge in [0, 0.05) is 43.6 Å². The van der Waals surface area contributed by atoms with Crippen LogP contribution in [0.15, 0.2) is 24.3 Å². The lowest BCUT2D eigenvalue weighted by Gasteiger charge is -2.33. The van der Waals surface area contributed by atoms with Crippen molar-refractivity contribution in [1.29, 1.82) is 5.41 Å². The summed E-state index contributed by atoms with van der Waals surface area (Å²) in [6.45, 7) is 5.76. The summed E-state index contributed by atoms with van der Waals surface area (Å²) in [6, 6.07) is 7.05. The maximum atomic E-state index is 8.10. The molecule has 0 amide bonds. The second-order valence-electron chi connectivity index (χ2n) is 6.24. The number of rotatable bonds is 3. The first-order chi connectivity index (χ1) is 12.4. The Bertz CT molecular complexity index is 804. The van der Waals surface area contributed by atoms with Gasteiger partial charge in [0.25, 0.3) is 0 Å². The highest BCUT2D eigenvalue weighted by Gasteiger charge is 2.17. The Hall–Kier alpha value is -2.09. The molecule has 0 spiro atoms. The largest absolute Gasteiger partial charge is 0.354 e. The van der Waals surface area contributed by atoms with Crippen LogP contribution in [0.25, 0.3) is 0 Å². The fourth-order valence-corrected chi connectivity index (χ4v) is 2.96. The lowest BCUT2D eigenvalue weighted by atomic mass is 10.3. The molecule has 3 N–H and O–H groups in total. The summed E-state index contributed by atoms with van der Waals surface area (Å²) in [5.41, 5.74) is 1.50. The van der Waals surface area contributed by atoms with E-state index in [1.54, 1.807) is 18.2 Å². The summed E-state index contributed by atoms with van der Waals surface area (Å²) in [7, 11) is 2.12. The highest BCUT2D eigenvalue weighted by molar-refractivity contribution is 6.42. The van der Waals surface area contributed by atoms with Crippen LogP contribution >= 0.6 is 23.2 Å². The first kappa shape index (κ1) is 18.7. The molecule has 1 aromatic heterocycles. The van der Waals surface area contributed by atoms with Crippen molar-refractivity contribution >= 4 is 46.6 Å². The molecule has 7 nitrogen and oxygen atoms in total. The first-order valence-electron chi connectivity index (χ1n) is 8.27. The summed E-state index contributed by atoms with van der Waals surface area (Å²) < 4.78 is 0. The third-order valence-electron chi connectivity index (χ3n) is 4.09. The van der Waals surface area contributed by atoms with Crippen molar-refractivity contribution in [1.82, 2.24) is 14.9 Å². The molecule has 1 saturated heterocycles. The number of likely N-dealkylation sites (N-methyl/N-ethyl adjacent to an activating group) is 1. The number of anilines is 3. The molecule has 0 atom stereocenters. The molecule has 3 rings (SSSR count). The third-order valence-corrected chi connectivity index (χ3v) is 4.83. The van der Waals surface area contributed by atoms with Crippen molar-refractivity contribution in [3.63, 3.8) is 0 Å². The van der Waals surface area contributed by atoms with Gasteiger partial charge in [-0.05, 0) is 32.2 Å². The molecule has 9 heteroatoms. The van der Waals surface area contributed by atoms with Crippen LogP contribution in [0.5, 0.6) is 0 Å². The molecule has 1 aliphatic rings. The summed E-state index contributed by atoms with van der Waals surface area (Å²) in [5.74, 6) is 1.31. The SMILES string of the molecule is Cc1cc(N2CCN(C)CC2)nc(NC(=N)Nc2ccc(Cl)c(Cl)c2)n1. The number of hydrogen-bond acceptors (Lipinski definition) is 5. The molecule has 2 aromatic rings. The normalized spacial score (nSPS) is 15.0. The summed E-state index contributed by atoms with van der Waals surface area (Å²) in [6.07, 6.45) is 0. The lowest BCUT2D eigenvalue weighted by molar-refractivity contribution is 0.312. The fourth-order valence-electron chi connectivity index (χ4n) is 2.67. The average Bonchev–Trinajstić information content (AvgIpc) is 2.58. The second kappa shape index (κ2) is 8.07. The van der Waals surface area contributed by atoms with E-state index < -0.39 is 0 Å². The van der Waals surface area contributed by atoms with Crippen LogP contribution in [0.3, 0.4) is 0 Å². The smallest absolute Gasteiger partial charge is 0.231 e. The van der Waals surface area contributed by atoms with Crippen molar-refractivity contribution in [3.05, 3.63) is 40.0 Å². The van der Waals surface area contributed by atoms with Gasteiger partial charge in [0.1, 0.15) is 5.82 Å². The van der Waals surface area contributed by atoms with E-state index in [9.17, 15) is 0 Å².